The van der Waals surface area contributed by atoms with Gasteiger partial charge >= 0.3 is 0 Å². The van der Waals surface area contributed by atoms with Crippen LogP contribution in [-0.2, 0) is 5.60 Å². The molecule has 0 spiro atoms. The molecule has 0 bridgehead atoms. The summed E-state index contributed by atoms with van der Waals surface area (Å²) in [6.07, 6.45) is 0. The zero-order chi connectivity index (χ0) is 16.4. The van der Waals surface area contributed by atoms with Gasteiger partial charge in [-0.1, -0.05) is 19.9 Å². The summed E-state index contributed by atoms with van der Waals surface area (Å²) in [6, 6.07) is 3.90. The molecule has 1 aromatic heterocycles. The molecule has 1 heterocycles. The maximum atomic E-state index is 10.5. The zero-order valence-corrected chi connectivity index (χ0v) is 15.0. The van der Waals surface area contributed by atoms with E-state index >= 15 is 0 Å². The van der Waals surface area contributed by atoms with Crippen LogP contribution in [0.3, 0.4) is 0 Å². The minimum absolute atomic E-state index is 0.341. The van der Waals surface area contributed by atoms with Crippen molar-refractivity contribution < 1.29 is 5.11 Å². The zero-order valence-electron chi connectivity index (χ0n) is 14.2. The smallest absolute Gasteiger partial charge is 0.191 e. The highest BCUT2D eigenvalue weighted by molar-refractivity contribution is 7.10. The Kier molecular flexibility index (Phi) is 8.45. The first-order valence-electron chi connectivity index (χ1n) is 8.04. The van der Waals surface area contributed by atoms with Gasteiger partial charge in [-0.05, 0) is 38.4 Å². The molecule has 6 heteroatoms. The van der Waals surface area contributed by atoms with E-state index in [1.807, 2.05) is 31.4 Å². The molecule has 0 aliphatic carbocycles. The molecule has 0 saturated carbocycles. The Morgan fingerprint density at radius 3 is 2.59 bits per heavy atom. The summed E-state index contributed by atoms with van der Waals surface area (Å²) < 4.78 is 0. The fourth-order valence-corrected chi connectivity index (χ4v) is 2.89. The number of hydrogen-bond donors (Lipinski definition) is 3. The van der Waals surface area contributed by atoms with Gasteiger partial charge in [0, 0.05) is 24.5 Å². The predicted octanol–water partition coefficient (Wildman–Crippen LogP) is 1.85. The maximum Gasteiger partial charge on any atom is 0.191 e. The van der Waals surface area contributed by atoms with Gasteiger partial charge in [0.1, 0.15) is 5.60 Å². The second-order valence-corrected chi connectivity index (χ2v) is 6.35. The summed E-state index contributed by atoms with van der Waals surface area (Å²) in [6.45, 7) is 13.3. The summed E-state index contributed by atoms with van der Waals surface area (Å²) in [5.74, 6) is 0.756. The van der Waals surface area contributed by atoms with E-state index < -0.39 is 5.60 Å². The Balaban J connectivity index is 2.54. The SMILES string of the molecule is CCNC(=NCC(C)(O)c1cccs1)NCCN(CC)CC. The lowest BCUT2D eigenvalue weighted by atomic mass is 10.1. The van der Waals surface area contributed by atoms with Crippen molar-refractivity contribution >= 4 is 17.3 Å². The first-order chi connectivity index (χ1) is 10.5. The van der Waals surface area contributed by atoms with Crippen LogP contribution < -0.4 is 10.6 Å². The van der Waals surface area contributed by atoms with Crippen LogP contribution in [0.2, 0.25) is 0 Å². The van der Waals surface area contributed by atoms with Crippen molar-refractivity contribution in [1.29, 1.82) is 0 Å². The molecule has 22 heavy (non-hydrogen) atoms. The third-order valence-electron chi connectivity index (χ3n) is 3.56. The Bertz CT molecular complexity index is 427. The van der Waals surface area contributed by atoms with E-state index in [1.54, 1.807) is 11.3 Å². The number of aliphatic imine (C=N–C) groups is 1. The van der Waals surface area contributed by atoms with Crippen molar-refractivity contribution in [2.75, 3.05) is 39.3 Å². The number of aliphatic hydroxyl groups is 1. The first kappa shape index (κ1) is 18.9. The molecule has 1 unspecified atom stereocenters. The summed E-state index contributed by atoms with van der Waals surface area (Å²) in [7, 11) is 0. The molecule has 5 nitrogen and oxygen atoms in total. The highest BCUT2D eigenvalue weighted by atomic mass is 32.1. The normalized spacial score (nSPS) is 14.9. The largest absolute Gasteiger partial charge is 0.383 e. The second-order valence-electron chi connectivity index (χ2n) is 5.40. The Morgan fingerprint density at radius 2 is 2.05 bits per heavy atom. The van der Waals surface area contributed by atoms with E-state index in [0.29, 0.717) is 6.54 Å². The quantitative estimate of drug-likeness (QED) is 0.479. The van der Waals surface area contributed by atoms with Crippen LogP contribution in [0.25, 0.3) is 0 Å². The standard InChI is InChI=1S/C16H30N4OS/c1-5-17-15(18-10-11-20(6-2)7-3)19-13-16(4,21)14-9-8-12-22-14/h8-9,12,21H,5-7,10-11,13H2,1-4H3,(H2,17,18,19). The molecular formula is C16H30N4OS. The molecule has 1 atom stereocenters. The Labute approximate surface area is 138 Å². The fraction of sp³-hybridized carbons (Fsp3) is 0.688. The molecule has 0 saturated heterocycles. The van der Waals surface area contributed by atoms with Gasteiger partial charge in [0.05, 0.1) is 6.54 Å². The van der Waals surface area contributed by atoms with Crippen molar-refractivity contribution in [3.05, 3.63) is 22.4 Å². The lowest BCUT2D eigenvalue weighted by Gasteiger charge is -2.22. The molecule has 0 aromatic carbocycles. The monoisotopic (exact) mass is 326 g/mol. The summed E-state index contributed by atoms with van der Waals surface area (Å²) in [4.78, 5) is 7.82. The van der Waals surface area contributed by atoms with E-state index in [-0.39, 0.29) is 0 Å². The van der Waals surface area contributed by atoms with Crippen molar-refractivity contribution in [3.63, 3.8) is 0 Å². The highest BCUT2D eigenvalue weighted by Gasteiger charge is 2.23. The van der Waals surface area contributed by atoms with Gasteiger partial charge in [0.2, 0.25) is 0 Å². The van der Waals surface area contributed by atoms with Gasteiger partial charge in [0.15, 0.2) is 5.96 Å². The van der Waals surface area contributed by atoms with Crippen molar-refractivity contribution in [2.45, 2.75) is 33.3 Å². The number of likely N-dealkylation sites (N-methyl/N-ethyl adjacent to an activating group) is 1. The molecule has 0 amide bonds. The molecule has 0 aliphatic rings. The molecule has 126 valence electrons. The maximum absolute atomic E-state index is 10.5. The van der Waals surface area contributed by atoms with Gasteiger partial charge in [-0.3, -0.25) is 0 Å². The van der Waals surface area contributed by atoms with Crippen LogP contribution in [0, 0.1) is 0 Å². The lowest BCUT2D eigenvalue weighted by molar-refractivity contribution is 0.0711. The van der Waals surface area contributed by atoms with Gasteiger partial charge < -0.3 is 20.6 Å². The van der Waals surface area contributed by atoms with Crippen LogP contribution >= 0.6 is 11.3 Å². The van der Waals surface area contributed by atoms with Gasteiger partial charge in [-0.15, -0.1) is 11.3 Å². The molecule has 0 aliphatic heterocycles. The van der Waals surface area contributed by atoms with Gasteiger partial charge in [-0.2, -0.15) is 0 Å². The van der Waals surface area contributed by atoms with E-state index in [9.17, 15) is 5.11 Å². The van der Waals surface area contributed by atoms with Crippen LogP contribution in [0.4, 0.5) is 0 Å². The predicted molar refractivity (Wildman–Crippen MR) is 95.7 cm³/mol. The van der Waals surface area contributed by atoms with E-state index in [1.165, 1.54) is 0 Å². The van der Waals surface area contributed by atoms with Crippen LogP contribution in [0.5, 0.6) is 0 Å². The van der Waals surface area contributed by atoms with Crippen molar-refractivity contribution in [3.8, 4) is 0 Å². The van der Waals surface area contributed by atoms with Crippen molar-refractivity contribution in [1.82, 2.24) is 15.5 Å². The molecule has 1 rings (SSSR count). The third-order valence-corrected chi connectivity index (χ3v) is 4.68. The molecule has 3 N–H and O–H groups in total. The lowest BCUT2D eigenvalue weighted by Crippen LogP contribution is -2.42. The number of thiophene rings is 1. The average Bonchev–Trinajstić information content (AvgIpc) is 3.04. The number of nitrogens with zero attached hydrogens (tertiary/aromatic N) is 2. The van der Waals surface area contributed by atoms with Crippen LogP contribution in [-0.4, -0.2) is 55.2 Å². The summed E-state index contributed by atoms with van der Waals surface area (Å²) >= 11 is 1.56. The average molecular weight is 327 g/mol. The molecule has 0 fully saturated rings. The van der Waals surface area contributed by atoms with E-state index in [2.05, 4.69) is 34.4 Å². The fourth-order valence-electron chi connectivity index (χ4n) is 2.11. The van der Waals surface area contributed by atoms with Crippen LogP contribution in [0.15, 0.2) is 22.5 Å². The number of guanidine groups is 1. The van der Waals surface area contributed by atoms with E-state index in [4.69, 9.17) is 0 Å². The van der Waals surface area contributed by atoms with Gasteiger partial charge in [-0.25, -0.2) is 4.99 Å². The summed E-state index contributed by atoms with van der Waals surface area (Å²) in [5, 5.41) is 19.0. The van der Waals surface area contributed by atoms with E-state index in [0.717, 1.165) is 43.6 Å². The second kappa shape index (κ2) is 9.82. The molecule has 1 aromatic rings. The van der Waals surface area contributed by atoms with Crippen LogP contribution in [0.1, 0.15) is 32.6 Å². The molecular weight excluding hydrogens is 296 g/mol. The number of hydrogen-bond acceptors (Lipinski definition) is 4. The number of rotatable bonds is 9. The van der Waals surface area contributed by atoms with Crippen molar-refractivity contribution in [2.24, 2.45) is 4.99 Å². The number of nitrogens with one attached hydrogen (secondary N) is 2. The first-order valence-corrected chi connectivity index (χ1v) is 8.92. The minimum Gasteiger partial charge on any atom is -0.383 e. The molecule has 0 radical (unpaired) electrons. The minimum atomic E-state index is -0.921. The highest BCUT2D eigenvalue weighted by Crippen LogP contribution is 2.25. The Hall–Kier alpha value is -1.11. The van der Waals surface area contributed by atoms with Gasteiger partial charge in [0.25, 0.3) is 0 Å². The third kappa shape index (κ3) is 6.34. The Morgan fingerprint density at radius 1 is 1.32 bits per heavy atom. The topological polar surface area (TPSA) is 59.9 Å². The summed E-state index contributed by atoms with van der Waals surface area (Å²) in [5.41, 5.74) is -0.921.